The van der Waals surface area contributed by atoms with E-state index in [9.17, 15) is 4.79 Å². The topological polar surface area (TPSA) is 68.3 Å². The van der Waals surface area contributed by atoms with Crippen LogP contribution in [-0.4, -0.2) is 5.91 Å². The average molecular weight is 345 g/mol. The van der Waals surface area contributed by atoms with Crippen LogP contribution in [0.4, 0.5) is 11.4 Å². The molecule has 3 N–H and O–H groups in total. The number of hydrogen-bond acceptors (Lipinski definition) is 3. The minimum atomic E-state index is -0.291. The first-order valence-electron chi connectivity index (χ1n) is 6.39. The molecule has 0 saturated carbocycles. The molecule has 1 heterocycles. The van der Waals surface area contributed by atoms with Crippen LogP contribution in [-0.2, 0) is 0 Å². The van der Waals surface area contributed by atoms with Gasteiger partial charge >= 0.3 is 0 Å². The number of carbonyl (C=O) groups excluding carboxylic acids is 1. The molecule has 0 aliphatic carbocycles. The van der Waals surface area contributed by atoms with Crippen molar-refractivity contribution in [3.8, 4) is 0 Å². The highest BCUT2D eigenvalue weighted by molar-refractivity contribution is 9.10. The van der Waals surface area contributed by atoms with Crippen molar-refractivity contribution in [1.82, 2.24) is 0 Å². The van der Waals surface area contributed by atoms with Crippen LogP contribution < -0.4 is 11.1 Å². The zero-order chi connectivity index (χ0) is 15.0. The summed E-state index contributed by atoms with van der Waals surface area (Å²) in [5.74, 6) is -0.0101. The molecule has 0 spiro atoms. The third-order valence-corrected chi connectivity index (χ3v) is 3.84. The highest BCUT2D eigenvalue weighted by Crippen LogP contribution is 2.25. The van der Waals surface area contributed by atoms with Gasteiger partial charge < -0.3 is 15.5 Å². The van der Waals surface area contributed by atoms with Gasteiger partial charge in [-0.3, -0.25) is 4.79 Å². The maximum absolute atomic E-state index is 12.2. The molecule has 0 bridgehead atoms. The number of nitrogens with two attached hydrogens (primary N) is 1. The van der Waals surface area contributed by atoms with Gasteiger partial charge in [0.2, 0.25) is 0 Å². The van der Waals surface area contributed by atoms with E-state index in [1.807, 2.05) is 25.1 Å². The summed E-state index contributed by atoms with van der Waals surface area (Å²) in [7, 11) is 0. The zero-order valence-corrected chi connectivity index (χ0v) is 12.9. The molecule has 0 saturated heterocycles. The lowest BCUT2D eigenvalue weighted by molar-refractivity contribution is 0.0998. The third kappa shape index (κ3) is 2.78. The number of fused-ring (bicyclic) bond motifs is 1. The van der Waals surface area contributed by atoms with Crippen molar-refractivity contribution in [2.45, 2.75) is 6.92 Å². The van der Waals surface area contributed by atoms with E-state index in [2.05, 4.69) is 21.2 Å². The Hall–Kier alpha value is -2.27. The predicted molar refractivity (Wildman–Crippen MR) is 87.5 cm³/mol. The first-order valence-corrected chi connectivity index (χ1v) is 7.19. The highest BCUT2D eigenvalue weighted by Gasteiger charge is 2.13. The minimum absolute atomic E-state index is 0.281. The van der Waals surface area contributed by atoms with Crippen LogP contribution in [0.5, 0.6) is 0 Å². The summed E-state index contributed by atoms with van der Waals surface area (Å²) in [5, 5.41) is 3.70. The monoisotopic (exact) mass is 344 g/mol. The molecule has 0 aliphatic heterocycles. The van der Waals surface area contributed by atoms with Crippen LogP contribution in [0.15, 0.2) is 51.4 Å². The summed E-state index contributed by atoms with van der Waals surface area (Å²) >= 11 is 3.33. The Morgan fingerprint density at radius 2 is 2.00 bits per heavy atom. The number of hydrogen-bond donors (Lipinski definition) is 2. The Kier molecular flexibility index (Phi) is 3.43. The second-order valence-corrected chi connectivity index (χ2v) is 5.70. The van der Waals surface area contributed by atoms with Crippen molar-refractivity contribution in [2.24, 2.45) is 0 Å². The number of carbonyl (C=O) groups is 1. The molecule has 0 unspecified atom stereocenters. The standard InChI is InChI=1S/C16H13BrN2O2/c1-9-2-5-14-10(6-9)7-15(21-14)16(20)19-11-3-4-13(18)12(17)8-11/h2-8H,18H2,1H3,(H,19,20). The van der Waals surface area contributed by atoms with Crippen LogP contribution in [0.1, 0.15) is 16.1 Å². The molecule has 3 aromatic rings. The van der Waals surface area contributed by atoms with E-state index in [4.69, 9.17) is 10.2 Å². The molecule has 0 radical (unpaired) electrons. The lowest BCUT2D eigenvalue weighted by Gasteiger charge is -2.05. The first-order chi connectivity index (χ1) is 10.0. The van der Waals surface area contributed by atoms with E-state index in [0.717, 1.165) is 15.4 Å². The predicted octanol–water partition coefficient (Wildman–Crippen LogP) is 4.34. The Balaban J connectivity index is 1.87. The van der Waals surface area contributed by atoms with E-state index in [1.165, 1.54) is 0 Å². The molecule has 5 heteroatoms. The number of amides is 1. The average Bonchev–Trinajstić information content (AvgIpc) is 2.86. The minimum Gasteiger partial charge on any atom is -0.451 e. The Morgan fingerprint density at radius 3 is 2.76 bits per heavy atom. The summed E-state index contributed by atoms with van der Waals surface area (Å²) in [6.45, 7) is 2.00. The molecule has 0 aliphatic rings. The van der Waals surface area contributed by atoms with Crippen molar-refractivity contribution >= 4 is 44.2 Å². The van der Waals surface area contributed by atoms with Crippen LogP contribution in [0.3, 0.4) is 0 Å². The van der Waals surface area contributed by atoms with Crippen LogP contribution in [0, 0.1) is 6.92 Å². The molecule has 1 aromatic heterocycles. The molecule has 2 aromatic carbocycles. The Bertz CT molecular complexity index is 839. The molecular weight excluding hydrogens is 332 g/mol. The second-order valence-electron chi connectivity index (χ2n) is 4.84. The van der Waals surface area contributed by atoms with Gasteiger partial charge in [0.15, 0.2) is 5.76 Å². The number of nitrogens with one attached hydrogen (secondary N) is 1. The fourth-order valence-corrected chi connectivity index (χ4v) is 2.45. The SMILES string of the molecule is Cc1ccc2oc(C(=O)Nc3ccc(N)c(Br)c3)cc2c1. The summed E-state index contributed by atoms with van der Waals surface area (Å²) in [6.07, 6.45) is 0. The van der Waals surface area contributed by atoms with Crippen molar-refractivity contribution in [3.63, 3.8) is 0 Å². The lowest BCUT2D eigenvalue weighted by Crippen LogP contribution is -2.10. The number of benzene rings is 2. The summed E-state index contributed by atoms with van der Waals surface area (Å²) in [4.78, 5) is 12.2. The van der Waals surface area contributed by atoms with Gasteiger partial charge in [-0.25, -0.2) is 0 Å². The quantitative estimate of drug-likeness (QED) is 0.679. The van der Waals surface area contributed by atoms with Crippen molar-refractivity contribution in [2.75, 3.05) is 11.1 Å². The van der Waals surface area contributed by atoms with E-state index >= 15 is 0 Å². The number of rotatable bonds is 2. The van der Waals surface area contributed by atoms with Crippen LogP contribution in [0.2, 0.25) is 0 Å². The van der Waals surface area contributed by atoms with Gasteiger partial charge in [-0.1, -0.05) is 11.6 Å². The van der Waals surface area contributed by atoms with E-state index in [0.29, 0.717) is 17.0 Å². The number of furan rings is 1. The molecule has 0 fully saturated rings. The molecule has 3 rings (SSSR count). The van der Waals surface area contributed by atoms with Gasteiger partial charge in [0.05, 0.1) is 0 Å². The van der Waals surface area contributed by atoms with Crippen molar-refractivity contribution < 1.29 is 9.21 Å². The van der Waals surface area contributed by atoms with Gasteiger partial charge in [0.1, 0.15) is 5.58 Å². The van der Waals surface area contributed by atoms with Crippen LogP contribution in [0.25, 0.3) is 11.0 Å². The molecule has 4 nitrogen and oxygen atoms in total. The van der Waals surface area contributed by atoms with Crippen molar-refractivity contribution in [3.05, 3.63) is 58.3 Å². The summed E-state index contributed by atoms with van der Waals surface area (Å²) in [6, 6.07) is 12.7. The summed E-state index contributed by atoms with van der Waals surface area (Å²) in [5.41, 5.74) is 8.81. The molecule has 1 amide bonds. The normalized spacial score (nSPS) is 10.8. The highest BCUT2D eigenvalue weighted by atomic mass is 79.9. The number of anilines is 2. The van der Waals surface area contributed by atoms with Crippen LogP contribution >= 0.6 is 15.9 Å². The fraction of sp³-hybridized carbons (Fsp3) is 0.0625. The van der Waals surface area contributed by atoms with Gasteiger partial charge in [0.25, 0.3) is 5.91 Å². The number of halogens is 1. The summed E-state index contributed by atoms with van der Waals surface area (Å²) < 4.78 is 6.30. The van der Waals surface area contributed by atoms with Gasteiger partial charge in [-0.2, -0.15) is 0 Å². The third-order valence-electron chi connectivity index (χ3n) is 3.15. The Morgan fingerprint density at radius 1 is 1.19 bits per heavy atom. The number of nitrogen functional groups attached to an aromatic ring is 1. The molecule has 0 atom stereocenters. The van der Waals surface area contributed by atoms with E-state index in [1.54, 1.807) is 24.3 Å². The smallest absolute Gasteiger partial charge is 0.291 e. The van der Waals surface area contributed by atoms with E-state index in [-0.39, 0.29) is 11.7 Å². The zero-order valence-electron chi connectivity index (χ0n) is 11.3. The maximum atomic E-state index is 12.2. The van der Waals surface area contributed by atoms with Gasteiger partial charge in [-0.15, -0.1) is 0 Å². The van der Waals surface area contributed by atoms with Gasteiger partial charge in [0, 0.05) is 21.2 Å². The van der Waals surface area contributed by atoms with Crippen molar-refractivity contribution in [1.29, 1.82) is 0 Å². The maximum Gasteiger partial charge on any atom is 0.291 e. The Labute approximate surface area is 130 Å². The number of aryl methyl sites for hydroxylation is 1. The largest absolute Gasteiger partial charge is 0.451 e. The molecular formula is C16H13BrN2O2. The first kappa shape index (κ1) is 13.7. The lowest BCUT2D eigenvalue weighted by atomic mass is 10.2. The molecule has 21 heavy (non-hydrogen) atoms. The fourth-order valence-electron chi connectivity index (χ4n) is 2.07. The van der Waals surface area contributed by atoms with Gasteiger partial charge in [-0.05, 0) is 59.3 Å². The second kappa shape index (κ2) is 5.26. The van der Waals surface area contributed by atoms with E-state index < -0.39 is 0 Å². The molecule has 106 valence electrons.